The van der Waals surface area contributed by atoms with Gasteiger partial charge in [0.2, 0.25) is 5.78 Å². The number of benzene rings is 1. The van der Waals surface area contributed by atoms with E-state index >= 15 is 0 Å². The van der Waals surface area contributed by atoms with Crippen LogP contribution in [0.4, 0.5) is 0 Å². The first-order chi connectivity index (χ1) is 13.9. The molecule has 0 bridgehead atoms. The largest absolute Gasteiger partial charge is 0.453 e. The van der Waals surface area contributed by atoms with Crippen molar-refractivity contribution < 1.29 is 14.3 Å². The Morgan fingerprint density at radius 2 is 1.79 bits per heavy atom. The van der Waals surface area contributed by atoms with Gasteiger partial charge in [-0.05, 0) is 50.5 Å². The van der Waals surface area contributed by atoms with Gasteiger partial charge in [0.25, 0.3) is 0 Å². The number of carbonyl (C=O) groups excluding carboxylic acids is 2. The van der Waals surface area contributed by atoms with Crippen LogP contribution in [-0.4, -0.2) is 22.9 Å². The predicted molar refractivity (Wildman–Crippen MR) is 117 cm³/mol. The number of nitrogens with zero attached hydrogens (tertiary/aromatic N) is 1. The highest BCUT2D eigenvalue weighted by molar-refractivity contribution is 7.14. The van der Waals surface area contributed by atoms with Crippen molar-refractivity contribution in [2.45, 2.75) is 47.1 Å². The van der Waals surface area contributed by atoms with Crippen molar-refractivity contribution >= 4 is 23.1 Å². The molecule has 0 spiro atoms. The van der Waals surface area contributed by atoms with E-state index in [-0.39, 0.29) is 12.4 Å². The van der Waals surface area contributed by atoms with Crippen LogP contribution >= 0.6 is 11.3 Å². The minimum Gasteiger partial charge on any atom is -0.453 e. The van der Waals surface area contributed by atoms with Gasteiger partial charge in [-0.15, -0.1) is 11.3 Å². The molecule has 0 saturated heterocycles. The highest BCUT2D eigenvalue weighted by atomic mass is 32.1. The maximum absolute atomic E-state index is 12.7. The summed E-state index contributed by atoms with van der Waals surface area (Å²) >= 11 is 1.43. The lowest BCUT2D eigenvalue weighted by Gasteiger charge is -2.10. The van der Waals surface area contributed by atoms with Crippen molar-refractivity contribution in [3.63, 3.8) is 0 Å². The number of ketones is 1. The predicted octanol–water partition coefficient (Wildman–Crippen LogP) is 5.52. The number of esters is 1. The van der Waals surface area contributed by atoms with E-state index in [1.165, 1.54) is 22.5 Å². The van der Waals surface area contributed by atoms with Crippen LogP contribution in [0, 0.1) is 20.8 Å². The van der Waals surface area contributed by atoms with E-state index in [0.717, 1.165) is 29.1 Å². The molecule has 2 heterocycles. The summed E-state index contributed by atoms with van der Waals surface area (Å²) in [6, 6.07) is 13.9. The summed E-state index contributed by atoms with van der Waals surface area (Å²) in [5.74, 6) is -0.597. The fraction of sp³-hybridized carbons (Fsp3) is 0.333. The fourth-order valence-corrected chi connectivity index (χ4v) is 4.48. The van der Waals surface area contributed by atoms with Crippen molar-refractivity contribution in [3.05, 3.63) is 80.3 Å². The average Bonchev–Trinajstić information content (AvgIpc) is 3.21. The number of ether oxygens (including phenoxy) is 1. The van der Waals surface area contributed by atoms with E-state index in [4.69, 9.17) is 4.74 Å². The van der Waals surface area contributed by atoms with E-state index < -0.39 is 5.97 Å². The number of hydrogen-bond donors (Lipinski definition) is 0. The van der Waals surface area contributed by atoms with Crippen molar-refractivity contribution in [1.29, 1.82) is 0 Å². The van der Waals surface area contributed by atoms with E-state index in [1.54, 1.807) is 0 Å². The summed E-state index contributed by atoms with van der Waals surface area (Å²) < 4.78 is 7.44. The molecule has 3 rings (SSSR count). The molecule has 29 heavy (non-hydrogen) atoms. The minimum atomic E-state index is -0.424. The second-order valence-corrected chi connectivity index (χ2v) is 8.55. The van der Waals surface area contributed by atoms with E-state index in [2.05, 4.69) is 23.6 Å². The second-order valence-electron chi connectivity index (χ2n) is 7.30. The summed E-state index contributed by atoms with van der Waals surface area (Å²) in [7, 11) is 0. The fourth-order valence-electron chi connectivity index (χ4n) is 3.51. The molecule has 0 unspecified atom stereocenters. The van der Waals surface area contributed by atoms with Gasteiger partial charge in [-0.1, -0.05) is 43.7 Å². The Morgan fingerprint density at radius 1 is 1.07 bits per heavy atom. The number of aryl methyl sites for hydroxylation is 3. The molecular weight excluding hydrogens is 382 g/mol. The Bertz CT molecular complexity index is 1010. The molecule has 0 saturated carbocycles. The van der Waals surface area contributed by atoms with Crippen LogP contribution in [-0.2, 0) is 17.7 Å². The Hall–Kier alpha value is -2.66. The minimum absolute atomic E-state index is 0.173. The number of Topliss-reactive ketones (excluding diaryl/α,β-unsaturated/α-hetero) is 1. The van der Waals surface area contributed by atoms with Crippen LogP contribution in [0.5, 0.6) is 0 Å². The molecule has 2 aromatic heterocycles. The lowest BCUT2D eigenvalue weighted by Crippen LogP contribution is -2.14. The van der Waals surface area contributed by atoms with Crippen molar-refractivity contribution in [2.75, 3.05) is 6.61 Å². The standard InChI is InChI=1S/C24H27NO3S/c1-5-9-20-13-23(29-18(20)4)24(27)28-15-22(26)21-12-16(2)25(17(21)3)14-19-10-7-6-8-11-19/h6-8,10-13H,5,9,14-15H2,1-4H3. The molecule has 0 N–H and O–H groups in total. The molecule has 0 amide bonds. The maximum Gasteiger partial charge on any atom is 0.348 e. The lowest BCUT2D eigenvalue weighted by molar-refractivity contribution is 0.0479. The molecule has 0 radical (unpaired) electrons. The number of thiophene rings is 1. The third-order valence-corrected chi connectivity index (χ3v) is 6.21. The Morgan fingerprint density at radius 3 is 2.48 bits per heavy atom. The zero-order chi connectivity index (χ0) is 21.0. The first kappa shape index (κ1) is 21.1. The molecule has 3 aromatic rings. The normalized spacial score (nSPS) is 10.9. The third-order valence-electron chi connectivity index (χ3n) is 5.13. The second kappa shape index (κ2) is 9.23. The third kappa shape index (κ3) is 4.85. The highest BCUT2D eigenvalue weighted by Crippen LogP contribution is 2.24. The molecule has 152 valence electrons. The van der Waals surface area contributed by atoms with Crippen LogP contribution in [0.15, 0.2) is 42.5 Å². The van der Waals surface area contributed by atoms with Gasteiger partial charge < -0.3 is 9.30 Å². The van der Waals surface area contributed by atoms with Crippen LogP contribution in [0.1, 0.15) is 60.8 Å². The number of aromatic nitrogens is 1. The first-order valence-electron chi connectivity index (χ1n) is 9.91. The first-order valence-corrected chi connectivity index (χ1v) is 10.7. The topological polar surface area (TPSA) is 48.3 Å². The van der Waals surface area contributed by atoms with Crippen molar-refractivity contribution in [3.8, 4) is 0 Å². The molecule has 5 heteroatoms. The summed E-state index contributed by atoms with van der Waals surface area (Å²) in [5.41, 5.74) is 4.87. The molecule has 0 aliphatic carbocycles. The summed E-state index contributed by atoms with van der Waals surface area (Å²) in [5, 5.41) is 0. The molecule has 1 aromatic carbocycles. The zero-order valence-electron chi connectivity index (χ0n) is 17.5. The average molecular weight is 410 g/mol. The van der Waals surface area contributed by atoms with Crippen LogP contribution in [0.2, 0.25) is 0 Å². The SMILES string of the molecule is CCCc1cc(C(=O)OCC(=O)c2cc(C)n(Cc3ccccc3)c2C)sc1C. The Labute approximate surface area is 176 Å². The van der Waals surface area contributed by atoms with Gasteiger partial charge in [0.05, 0.1) is 0 Å². The van der Waals surface area contributed by atoms with Gasteiger partial charge in [0.15, 0.2) is 6.61 Å². The molecule has 0 atom stereocenters. The monoisotopic (exact) mass is 409 g/mol. The van der Waals surface area contributed by atoms with E-state index in [1.807, 2.05) is 51.1 Å². The van der Waals surface area contributed by atoms with Gasteiger partial charge >= 0.3 is 5.97 Å². The zero-order valence-corrected chi connectivity index (χ0v) is 18.3. The van der Waals surface area contributed by atoms with Gasteiger partial charge in [-0.3, -0.25) is 4.79 Å². The molecular formula is C24H27NO3S. The van der Waals surface area contributed by atoms with Gasteiger partial charge in [-0.2, -0.15) is 0 Å². The number of rotatable bonds is 8. The summed E-state index contributed by atoms with van der Waals surface area (Å²) in [6.07, 6.45) is 1.98. The smallest absolute Gasteiger partial charge is 0.348 e. The van der Waals surface area contributed by atoms with Gasteiger partial charge in [-0.25, -0.2) is 4.79 Å². The molecule has 0 aliphatic rings. The Kier molecular flexibility index (Phi) is 6.70. The van der Waals surface area contributed by atoms with Crippen molar-refractivity contribution in [1.82, 2.24) is 4.57 Å². The number of hydrogen-bond acceptors (Lipinski definition) is 4. The molecule has 4 nitrogen and oxygen atoms in total. The lowest BCUT2D eigenvalue weighted by atomic mass is 10.1. The summed E-state index contributed by atoms with van der Waals surface area (Å²) in [4.78, 5) is 26.8. The van der Waals surface area contributed by atoms with Crippen molar-refractivity contribution in [2.24, 2.45) is 0 Å². The van der Waals surface area contributed by atoms with Crippen LogP contribution in [0.3, 0.4) is 0 Å². The van der Waals surface area contributed by atoms with Gasteiger partial charge in [0, 0.05) is 28.4 Å². The molecule has 0 aliphatic heterocycles. The molecule has 0 fully saturated rings. The van der Waals surface area contributed by atoms with Crippen LogP contribution < -0.4 is 0 Å². The van der Waals surface area contributed by atoms with E-state index in [9.17, 15) is 9.59 Å². The summed E-state index contributed by atoms with van der Waals surface area (Å²) in [6.45, 7) is 8.52. The van der Waals surface area contributed by atoms with Gasteiger partial charge in [0.1, 0.15) is 4.88 Å². The maximum atomic E-state index is 12.7. The highest BCUT2D eigenvalue weighted by Gasteiger charge is 2.19. The van der Waals surface area contributed by atoms with Crippen LogP contribution in [0.25, 0.3) is 0 Å². The Balaban J connectivity index is 1.67. The quantitative estimate of drug-likeness (QED) is 0.364. The number of carbonyl (C=O) groups is 2. The van der Waals surface area contributed by atoms with E-state index in [0.29, 0.717) is 17.0 Å².